The minimum absolute atomic E-state index is 0.679. The average molecular weight is 324 g/mol. The van der Waals surface area contributed by atoms with Crippen LogP contribution < -0.4 is 28.3 Å². The zero-order chi connectivity index (χ0) is 16.4. The first kappa shape index (κ1) is 17.6. The van der Waals surface area contributed by atoms with E-state index < -0.39 is 0 Å². The lowest BCUT2D eigenvalue weighted by Crippen LogP contribution is -2.43. The fourth-order valence-electron chi connectivity index (χ4n) is 5.93. The van der Waals surface area contributed by atoms with Crippen LogP contribution >= 0.6 is 0 Å². The quantitative estimate of drug-likeness (QED) is 0.508. The molecule has 5 nitrogen and oxygen atoms in total. The van der Waals surface area contributed by atoms with E-state index in [1.807, 2.05) is 0 Å². The highest BCUT2D eigenvalue weighted by Crippen LogP contribution is 2.47. The topological polar surface area (TPSA) is 116 Å². The van der Waals surface area contributed by atoms with Crippen molar-refractivity contribution in [1.82, 2.24) is 5.32 Å². The summed E-state index contributed by atoms with van der Waals surface area (Å²) in [6.07, 6.45) is 8.12. The van der Waals surface area contributed by atoms with E-state index in [0.29, 0.717) is 12.1 Å². The molecule has 0 radical (unpaired) electrons. The van der Waals surface area contributed by atoms with E-state index in [2.05, 4.69) is 5.32 Å². The summed E-state index contributed by atoms with van der Waals surface area (Å²) in [5.74, 6) is 4.87. The van der Waals surface area contributed by atoms with E-state index in [1.54, 1.807) is 0 Å². The molecule has 5 heteroatoms. The highest BCUT2D eigenvalue weighted by molar-refractivity contribution is 5.02. The third-order valence-corrected chi connectivity index (χ3v) is 7.28. The second kappa shape index (κ2) is 7.79. The molecule has 5 rings (SSSR count). The number of fused-ring (bicyclic) bond motifs is 5. The van der Waals surface area contributed by atoms with Crippen molar-refractivity contribution in [3.05, 3.63) is 0 Å². The predicted molar refractivity (Wildman–Crippen MR) is 95.6 cm³/mol. The van der Waals surface area contributed by atoms with Crippen molar-refractivity contribution >= 4 is 0 Å². The molecule has 2 saturated heterocycles. The molecule has 5 aliphatic rings. The van der Waals surface area contributed by atoms with Crippen molar-refractivity contribution in [1.29, 1.82) is 0 Å². The van der Waals surface area contributed by atoms with Crippen molar-refractivity contribution in [3.8, 4) is 0 Å². The summed E-state index contributed by atoms with van der Waals surface area (Å²) in [6, 6.07) is 1.36. The summed E-state index contributed by atoms with van der Waals surface area (Å²) in [5.41, 5.74) is 22.8. The van der Waals surface area contributed by atoms with Gasteiger partial charge in [0.15, 0.2) is 0 Å². The normalized spacial score (nSPS) is 47.5. The van der Waals surface area contributed by atoms with E-state index in [0.717, 1.165) is 61.7 Å². The molecule has 9 N–H and O–H groups in total. The van der Waals surface area contributed by atoms with Crippen LogP contribution in [0, 0.1) is 35.5 Å². The molecular formula is C18H37N5. The van der Waals surface area contributed by atoms with Gasteiger partial charge in [-0.2, -0.15) is 0 Å². The Balaban J connectivity index is 0.000000136. The summed E-state index contributed by atoms with van der Waals surface area (Å²) < 4.78 is 0. The Morgan fingerprint density at radius 2 is 1.09 bits per heavy atom. The summed E-state index contributed by atoms with van der Waals surface area (Å²) in [7, 11) is 0. The molecule has 0 aromatic carbocycles. The van der Waals surface area contributed by atoms with Crippen LogP contribution in [0.1, 0.15) is 38.5 Å². The summed E-state index contributed by atoms with van der Waals surface area (Å²) in [6.45, 7) is 3.45. The third-order valence-electron chi connectivity index (χ3n) is 7.28. The molecule has 4 bridgehead atoms. The fraction of sp³-hybridized carbons (Fsp3) is 1.00. The molecule has 0 aromatic rings. The monoisotopic (exact) mass is 323 g/mol. The Morgan fingerprint density at radius 3 is 1.43 bits per heavy atom. The highest BCUT2D eigenvalue weighted by atomic mass is 15.1. The van der Waals surface area contributed by atoms with Gasteiger partial charge in [-0.3, -0.25) is 0 Å². The lowest BCUT2D eigenvalue weighted by atomic mass is 9.59. The van der Waals surface area contributed by atoms with Crippen molar-refractivity contribution in [2.24, 2.45) is 58.4 Å². The molecule has 5 fully saturated rings. The maximum Gasteiger partial charge on any atom is 0.0114 e. The SMILES string of the molecule is NCC1CC2CCC1C(CN)C2.NCC1CC2NC1CC2CN. The van der Waals surface area contributed by atoms with Crippen LogP contribution in [0.5, 0.6) is 0 Å². The maximum atomic E-state index is 5.77. The number of nitrogens with two attached hydrogens (primary N) is 4. The Hall–Kier alpha value is -0.200. The van der Waals surface area contributed by atoms with Gasteiger partial charge in [-0.05, 0) is 93.8 Å². The molecule has 2 heterocycles. The molecule has 0 spiro atoms. The van der Waals surface area contributed by atoms with Gasteiger partial charge >= 0.3 is 0 Å². The van der Waals surface area contributed by atoms with E-state index in [-0.39, 0.29) is 0 Å². The molecule has 0 amide bonds. The van der Waals surface area contributed by atoms with E-state index in [9.17, 15) is 0 Å². The number of hydrogen-bond donors (Lipinski definition) is 5. The Bertz CT molecular complexity index is 346. The first-order valence-electron chi connectivity index (χ1n) is 9.76. The predicted octanol–water partition coefficient (Wildman–Crippen LogP) is 0.227. The zero-order valence-corrected chi connectivity index (χ0v) is 14.5. The Labute approximate surface area is 141 Å². The minimum atomic E-state index is 0.679. The third kappa shape index (κ3) is 3.59. The second-order valence-electron chi connectivity index (χ2n) is 8.41. The van der Waals surface area contributed by atoms with E-state index in [4.69, 9.17) is 22.9 Å². The molecule has 2 aliphatic heterocycles. The molecule has 3 aliphatic carbocycles. The van der Waals surface area contributed by atoms with Crippen LogP contribution in [0.2, 0.25) is 0 Å². The number of nitrogens with one attached hydrogen (secondary N) is 1. The summed E-state index contributed by atoms with van der Waals surface area (Å²) in [4.78, 5) is 0. The lowest BCUT2D eigenvalue weighted by Gasteiger charge is -2.47. The van der Waals surface area contributed by atoms with Gasteiger partial charge in [0.1, 0.15) is 0 Å². The van der Waals surface area contributed by atoms with Gasteiger partial charge in [0.2, 0.25) is 0 Å². The van der Waals surface area contributed by atoms with Gasteiger partial charge in [0.05, 0.1) is 0 Å². The fourth-order valence-corrected chi connectivity index (χ4v) is 5.93. The molecule has 3 saturated carbocycles. The summed E-state index contributed by atoms with van der Waals surface area (Å²) in [5, 5.41) is 3.57. The van der Waals surface area contributed by atoms with Gasteiger partial charge in [-0.25, -0.2) is 0 Å². The first-order chi connectivity index (χ1) is 11.2. The van der Waals surface area contributed by atoms with Crippen LogP contribution in [0.25, 0.3) is 0 Å². The van der Waals surface area contributed by atoms with Gasteiger partial charge in [0.25, 0.3) is 0 Å². The molecule has 134 valence electrons. The average Bonchev–Trinajstić information content (AvgIpc) is 3.22. The second-order valence-corrected chi connectivity index (χ2v) is 8.41. The molecule has 0 aromatic heterocycles. The number of rotatable bonds is 4. The largest absolute Gasteiger partial charge is 0.330 e. The lowest BCUT2D eigenvalue weighted by molar-refractivity contribution is 0.0451. The van der Waals surface area contributed by atoms with Crippen LogP contribution in [-0.2, 0) is 0 Å². The number of hydrogen-bond acceptors (Lipinski definition) is 5. The van der Waals surface area contributed by atoms with E-state index >= 15 is 0 Å². The van der Waals surface area contributed by atoms with Crippen LogP contribution in [-0.4, -0.2) is 38.3 Å². The van der Waals surface area contributed by atoms with Crippen molar-refractivity contribution < 1.29 is 0 Å². The van der Waals surface area contributed by atoms with Gasteiger partial charge in [0, 0.05) is 12.1 Å². The van der Waals surface area contributed by atoms with Crippen LogP contribution in [0.15, 0.2) is 0 Å². The van der Waals surface area contributed by atoms with E-state index in [1.165, 1.54) is 38.5 Å². The molecule has 6 unspecified atom stereocenters. The minimum Gasteiger partial charge on any atom is -0.330 e. The zero-order valence-electron chi connectivity index (χ0n) is 14.5. The van der Waals surface area contributed by atoms with Crippen LogP contribution in [0.4, 0.5) is 0 Å². The van der Waals surface area contributed by atoms with Crippen molar-refractivity contribution in [2.45, 2.75) is 50.6 Å². The van der Waals surface area contributed by atoms with Crippen molar-refractivity contribution in [2.75, 3.05) is 26.2 Å². The van der Waals surface area contributed by atoms with Gasteiger partial charge in [-0.15, -0.1) is 0 Å². The van der Waals surface area contributed by atoms with Crippen molar-refractivity contribution in [3.63, 3.8) is 0 Å². The van der Waals surface area contributed by atoms with Crippen LogP contribution in [0.3, 0.4) is 0 Å². The molecule has 23 heavy (non-hydrogen) atoms. The maximum absolute atomic E-state index is 5.77. The standard InChI is InChI=1S/C10H20N2.C8H17N3/c11-5-8-3-7-1-2-10(8)9(4-7)6-12;9-3-5-1-7-6(4-10)2-8(5)11-7/h7-10H,1-6,11-12H2;5-8,11H,1-4,9-10H2. The molecule has 6 atom stereocenters. The highest BCUT2D eigenvalue weighted by Gasteiger charge is 2.44. The smallest absolute Gasteiger partial charge is 0.0114 e. The Kier molecular flexibility index (Phi) is 5.97. The summed E-state index contributed by atoms with van der Waals surface area (Å²) >= 11 is 0. The van der Waals surface area contributed by atoms with Gasteiger partial charge < -0.3 is 28.3 Å². The Morgan fingerprint density at radius 1 is 0.609 bits per heavy atom. The first-order valence-corrected chi connectivity index (χ1v) is 9.76. The van der Waals surface area contributed by atoms with Gasteiger partial charge in [-0.1, -0.05) is 6.42 Å². The molecular weight excluding hydrogens is 286 g/mol.